The Morgan fingerprint density at radius 2 is 1.95 bits per heavy atom. The summed E-state index contributed by atoms with van der Waals surface area (Å²) in [5.74, 6) is -0.955. The van der Waals surface area contributed by atoms with Crippen molar-refractivity contribution >= 4 is 16.9 Å². The maximum atomic E-state index is 11.4. The highest BCUT2D eigenvalue weighted by atomic mass is 16.4. The third-order valence-electron chi connectivity index (χ3n) is 2.90. The van der Waals surface area contributed by atoms with Gasteiger partial charge in [-0.25, -0.2) is 9.78 Å². The van der Waals surface area contributed by atoms with E-state index >= 15 is 0 Å². The largest absolute Gasteiger partial charge is 0.478 e. The smallest absolute Gasteiger partial charge is 0.336 e. The number of aromatic nitrogens is 2. The van der Waals surface area contributed by atoms with E-state index in [-0.39, 0.29) is 5.56 Å². The fourth-order valence-electron chi connectivity index (χ4n) is 2.01. The van der Waals surface area contributed by atoms with Gasteiger partial charge in [-0.05, 0) is 24.3 Å². The van der Waals surface area contributed by atoms with E-state index in [0.29, 0.717) is 16.6 Å². The molecule has 0 saturated heterocycles. The Kier molecular flexibility index (Phi) is 2.68. The van der Waals surface area contributed by atoms with Crippen molar-refractivity contribution in [1.29, 1.82) is 0 Å². The van der Waals surface area contributed by atoms with Gasteiger partial charge in [0, 0.05) is 23.3 Å². The molecule has 2 heterocycles. The maximum Gasteiger partial charge on any atom is 0.336 e. The first kappa shape index (κ1) is 11.3. The van der Waals surface area contributed by atoms with Crippen LogP contribution in [0.25, 0.3) is 22.2 Å². The zero-order chi connectivity index (χ0) is 13.2. The lowest BCUT2D eigenvalue weighted by Crippen LogP contribution is -2.00. The molecule has 0 radical (unpaired) electrons. The molecule has 3 aromatic rings. The highest BCUT2D eigenvalue weighted by Crippen LogP contribution is 2.24. The van der Waals surface area contributed by atoms with Crippen LogP contribution in [0.2, 0.25) is 0 Å². The average Bonchev–Trinajstić information content (AvgIpc) is 2.47. The van der Waals surface area contributed by atoms with Crippen LogP contribution < -0.4 is 0 Å². The van der Waals surface area contributed by atoms with E-state index in [1.807, 2.05) is 18.2 Å². The molecule has 0 aliphatic rings. The standard InChI is InChI=1S/C15H10N2O2/c18-15(19)12-8-14(10-4-3-7-16-9-10)17-13-6-2-1-5-11(12)13/h1-9H,(H,18,19). The molecule has 0 aliphatic heterocycles. The molecule has 0 spiro atoms. The van der Waals surface area contributed by atoms with Crippen molar-refractivity contribution in [2.45, 2.75) is 0 Å². The van der Waals surface area contributed by atoms with Gasteiger partial charge in [-0.1, -0.05) is 18.2 Å². The van der Waals surface area contributed by atoms with Gasteiger partial charge in [0.05, 0.1) is 16.8 Å². The number of hydrogen-bond donors (Lipinski definition) is 1. The lowest BCUT2D eigenvalue weighted by molar-refractivity contribution is 0.0699. The molecule has 0 aliphatic carbocycles. The SMILES string of the molecule is O=C(O)c1cc(-c2cccnc2)nc2ccccc12. The summed E-state index contributed by atoms with van der Waals surface area (Å²) in [6, 6.07) is 12.5. The predicted octanol–water partition coefficient (Wildman–Crippen LogP) is 3.00. The molecule has 1 aromatic carbocycles. The summed E-state index contributed by atoms with van der Waals surface area (Å²) in [6.45, 7) is 0. The second-order valence-electron chi connectivity index (χ2n) is 4.12. The zero-order valence-electron chi connectivity index (χ0n) is 9.95. The Labute approximate surface area is 109 Å². The van der Waals surface area contributed by atoms with Crippen molar-refractivity contribution in [3.05, 3.63) is 60.4 Å². The van der Waals surface area contributed by atoms with Crippen LogP contribution in [-0.4, -0.2) is 21.0 Å². The van der Waals surface area contributed by atoms with Crippen molar-refractivity contribution in [3.8, 4) is 11.3 Å². The lowest BCUT2D eigenvalue weighted by atomic mass is 10.1. The van der Waals surface area contributed by atoms with Gasteiger partial charge in [0.15, 0.2) is 0 Å². The molecular formula is C15H10N2O2. The number of hydrogen-bond acceptors (Lipinski definition) is 3. The van der Waals surface area contributed by atoms with Crippen molar-refractivity contribution < 1.29 is 9.90 Å². The molecule has 1 N–H and O–H groups in total. The lowest BCUT2D eigenvalue weighted by Gasteiger charge is -2.06. The van der Waals surface area contributed by atoms with E-state index in [9.17, 15) is 9.90 Å². The summed E-state index contributed by atoms with van der Waals surface area (Å²) >= 11 is 0. The molecule has 19 heavy (non-hydrogen) atoms. The summed E-state index contributed by atoms with van der Waals surface area (Å²) in [4.78, 5) is 19.9. The van der Waals surface area contributed by atoms with E-state index in [2.05, 4.69) is 9.97 Å². The minimum absolute atomic E-state index is 0.254. The van der Waals surface area contributed by atoms with E-state index in [1.165, 1.54) is 0 Å². The van der Waals surface area contributed by atoms with Crippen LogP contribution in [0, 0.1) is 0 Å². The molecule has 0 unspecified atom stereocenters. The summed E-state index contributed by atoms with van der Waals surface area (Å²) in [6.07, 6.45) is 3.34. The summed E-state index contributed by atoms with van der Waals surface area (Å²) in [7, 11) is 0. The number of rotatable bonds is 2. The van der Waals surface area contributed by atoms with Gasteiger partial charge in [0.2, 0.25) is 0 Å². The van der Waals surface area contributed by atoms with Gasteiger partial charge in [0.1, 0.15) is 0 Å². The molecule has 0 atom stereocenters. The van der Waals surface area contributed by atoms with Gasteiger partial charge in [-0.15, -0.1) is 0 Å². The van der Waals surface area contributed by atoms with Crippen LogP contribution in [0.4, 0.5) is 0 Å². The number of para-hydroxylation sites is 1. The highest BCUT2D eigenvalue weighted by Gasteiger charge is 2.12. The Bertz CT molecular complexity index is 754. The average molecular weight is 250 g/mol. The number of fused-ring (bicyclic) bond motifs is 1. The Hall–Kier alpha value is -2.75. The van der Waals surface area contributed by atoms with Crippen LogP contribution in [0.3, 0.4) is 0 Å². The fourth-order valence-corrected chi connectivity index (χ4v) is 2.01. The first-order valence-corrected chi connectivity index (χ1v) is 5.79. The molecule has 4 heteroatoms. The normalized spacial score (nSPS) is 10.5. The fraction of sp³-hybridized carbons (Fsp3) is 0. The second-order valence-corrected chi connectivity index (χ2v) is 4.12. The number of nitrogens with zero attached hydrogens (tertiary/aromatic N) is 2. The molecule has 0 amide bonds. The van der Waals surface area contributed by atoms with Crippen LogP contribution in [-0.2, 0) is 0 Å². The highest BCUT2D eigenvalue weighted by molar-refractivity contribution is 6.03. The van der Waals surface area contributed by atoms with Gasteiger partial charge in [-0.3, -0.25) is 4.98 Å². The van der Waals surface area contributed by atoms with Gasteiger partial charge >= 0.3 is 5.97 Å². The first-order chi connectivity index (χ1) is 9.25. The number of benzene rings is 1. The molecule has 2 aromatic heterocycles. The van der Waals surface area contributed by atoms with Crippen molar-refractivity contribution in [1.82, 2.24) is 9.97 Å². The van der Waals surface area contributed by atoms with Crippen LogP contribution in [0.15, 0.2) is 54.9 Å². The third-order valence-corrected chi connectivity index (χ3v) is 2.90. The number of aromatic carboxylic acids is 1. The Balaban J connectivity index is 2.31. The number of pyridine rings is 2. The molecule has 4 nitrogen and oxygen atoms in total. The molecule has 3 rings (SSSR count). The predicted molar refractivity (Wildman–Crippen MR) is 71.9 cm³/mol. The monoisotopic (exact) mass is 250 g/mol. The van der Waals surface area contributed by atoms with Gasteiger partial charge in [-0.2, -0.15) is 0 Å². The summed E-state index contributed by atoms with van der Waals surface area (Å²) < 4.78 is 0. The quantitative estimate of drug-likeness (QED) is 0.759. The molecule has 0 saturated carbocycles. The minimum Gasteiger partial charge on any atom is -0.478 e. The summed E-state index contributed by atoms with van der Waals surface area (Å²) in [5, 5.41) is 9.95. The maximum absolute atomic E-state index is 11.4. The van der Waals surface area contributed by atoms with Crippen LogP contribution >= 0.6 is 0 Å². The number of carboxylic acid groups (broad SMARTS) is 1. The molecule has 0 bridgehead atoms. The number of carboxylic acids is 1. The molecular weight excluding hydrogens is 240 g/mol. The Morgan fingerprint density at radius 3 is 2.68 bits per heavy atom. The van der Waals surface area contributed by atoms with Crippen molar-refractivity contribution in [2.24, 2.45) is 0 Å². The molecule has 0 fully saturated rings. The molecule has 92 valence electrons. The van der Waals surface area contributed by atoms with Crippen LogP contribution in [0.5, 0.6) is 0 Å². The Morgan fingerprint density at radius 1 is 1.11 bits per heavy atom. The van der Waals surface area contributed by atoms with Gasteiger partial charge in [0.25, 0.3) is 0 Å². The van der Waals surface area contributed by atoms with E-state index in [4.69, 9.17) is 0 Å². The van der Waals surface area contributed by atoms with E-state index in [1.54, 1.807) is 36.7 Å². The van der Waals surface area contributed by atoms with E-state index in [0.717, 1.165) is 5.56 Å². The summed E-state index contributed by atoms with van der Waals surface area (Å²) in [5.41, 5.74) is 2.34. The van der Waals surface area contributed by atoms with Crippen molar-refractivity contribution in [2.75, 3.05) is 0 Å². The number of carbonyl (C=O) groups is 1. The second kappa shape index (κ2) is 4.49. The van der Waals surface area contributed by atoms with E-state index < -0.39 is 5.97 Å². The third kappa shape index (κ3) is 2.04. The van der Waals surface area contributed by atoms with Gasteiger partial charge < -0.3 is 5.11 Å². The zero-order valence-corrected chi connectivity index (χ0v) is 9.95. The van der Waals surface area contributed by atoms with Crippen molar-refractivity contribution in [3.63, 3.8) is 0 Å². The first-order valence-electron chi connectivity index (χ1n) is 5.79. The topological polar surface area (TPSA) is 63.1 Å². The van der Waals surface area contributed by atoms with Crippen LogP contribution in [0.1, 0.15) is 10.4 Å². The minimum atomic E-state index is -0.955.